The summed E-state index contributed by atoms with van der Waals surface area (Å²) in [7, 11) is 1.54. The molecule has 1 aromatic rings. The van der Waals surface area contributed by atoms with Crippen molar-refractivity contribution in [1.82, 2.24) is 10.6 Å². The highest BCUT2D eigenvalue weighted by Gasteiger charge is 2.09. The molecular formula is C10H12ClN3O3. The van der Waals surface area contributed by atoms with Crippen LogP contribution < -0.4 is 10.6 Å². The van der Waals surface area contributed by atoms with E-state index in [1.165, 1.54) is 12.1 Å². The molecule has 0 radical (unpaired) electrons. The number of hydrogen-bond donors (Lipinski definition) is 2. The highest BCUT2D eigenvalue weighted by atomic mass is 35.5. The van der Waals surface area contributed by atoms with E-state index < -0.39 is 4.92 Å². The van der Waals surface area contributed by atoms with Crippen LogP contribution in [0.25, 0.3) is 0 Å². The highest BCUT2D eigenvalue weighted by Crippen LogP contribution is 2.22. The molecule has 2 N–H and O–H groups in total. The van der Waals surface area contributed by atoms with Gasteiger partial charge in [0.05, 0.1) is 16.5 Å². The zero-order valence-electron chi connectivity index (χ0n) is 9.20. The zero-order valence-corrected chi connectivity index (χ0v) is 9.95. The molecular weight excluding hydrogens is 246 g/mol. The van der Waals surface area contributed by atoms with Gasteiger partial charge in [-0.15, -0.1) is 0 Å². The predicted molar refractivity (Wildman–Crippen MR) is 63.9 cm³/mol. The van der Waals surface area contributed by atoms with Crippen molar-refractivity contribution in [3.05, 3.63) is 38.9 Å². The monoisotopic (exact) mass is 257 g/mol. The van der Waals surface area contributed by atoms with Crippen LogP contribution in [0.3, 0.4) is 0 Å². The molecule has 0 bridgehead atoms. The topological polar surface area (TPSA) is 84.3 Å². The molecule has 0 aromatic heterocycles. The third kappa shape index (κ3) is 4.01. The molecule has 0 atom stereocenters. The minimum atomic E-state index is -0.506. The molecule has 0 aliphatic heterocycles. The van der Waals surface area contributed by atoms with E-state index >= 15 is 0 Å². The summed E-state index contributed by atoms with van der Waals surface area (Å²) < 4.78 is 0. The van der Waals surface area contributed by atoms with E-state index in [4.69, 9.17) is 11.6 Å². The maximum atomic E-state index is 10.9. The van der Waals surface area contributed by atoms with Gasteiger partial charge >= 0.3 is 0 Å². The summed E-state index contributed by atoms with van der Waals surface area (Å²) in [6, 6.07) is 4.23. The molecule has 0 aliphatic carbocycles. The lowest BCUT2D eigenvalue weighted by Crippen LogP contribution is -2.31. The molecule has 7 heteroatoms. The maximum Gasteiger partial charge on any atom is 0.270 e. The zero-order chi connectivity index (χ0) is 12.8. The summed E-state index contributed by atoms with van der Waals surface area (Å²) in [6.45, 7) is 0.550. The van der Waals surface area contributed by atoms with Gasteiger partial charge in [0, 0.05) is 25.7 Å². The van der Waals surface area contributed by atoms with Crippen molar-refractivity contribution in [2.75, 3.05) is 13.6 Å². The smallest absolute Gasteiger partial charge is 0.270 e. The molecule has 0 fully saturated rings. The lowest BCUT2D eigenvalue weighted by molar-refractivity contribution is -0.384. The van der Waals surface area contributed by atoms with Crippen molar-refractivity contribution in [3.8, 4) is 0 Å². The number of hydrogen-bond acceptors (Lipinski definition) is 4. The number of non-ortho nitro benzene ring substituents is 1. The van der Waals surface area contributed by atoms with Gasteiger partial charge in [0.1, 0.15) is 0 Å². The summed E-state index contributed by atoms with van der Waals surface area (Å²) in [5.41, 5.74) is 0.659. The molecule has 1 rings (SSSR count). The number of carbonyl (C=O) groups excluding carboxylic acids is 1. The van der Waals surface area contributed by atoms with Crippen LogP contribution in [0.15, 0.2) is 18.2 Å². The van der Waals surface area contributed by atoms with E-state index in [0.29, 0.717) is 17.1 Å². The second kappa shape index (κ2) is 6.17. The Kier molecular flexibility index (Phi) is 4.86. The Hall–Kier alpha value is -1.66. The van der Waals surface area contributed by atoms with Crippen molar-refractivity contribution in [2.45, 2.75) is 6.54 Å². The van der Waals surface area contributed by atoms with E-state index in [-0.39, 0.29) is 18.1 Å². The summed E-state index contributed by atoms with van der Waals surface area (Å²) in [6.07, 6.45) is 0. The number of nitrogens with one attached hydrogen (secondary N) is 2. The third-order valence-corrected chi connectivity index (χ3v) is 2.48. The Bertz CT molecular complexity index is 437. The van der Waals surface area contributed by atoms with Gasteiger partial charge in [-0.3, -0.25) is 14.9 Å². The molecule has 0 spiro atoms. The van der Waals surface area contributed by atoms with Gasteiger partial charge in [-0.2, -0.15) is 0 Å². The number of nitro groups is 1. The Morgan fingerprint density at radius 2 is 2.24 bits per heavy atom. The first-order valence-corrected chi connectivity index (χ1v) is 5.26. The number of nitrogens with zero attached hydrogens (tertiary/aromatic N) is 1. The fourth-order valence-electron chi connectivity index (χ4n) is 1.19. The number of likely N-dealkylation sites (N-methyl/N-ethyl adjacent to an activating group) is 1. The standard InChI is InChI=1S/C10H12ClN3O3/c1-12-10(15)6-13-5-7-2-3-8(14(16)17)4-9(7)11/h2-4,13H,5-6H2,1H3,(H,12,15). The first-order chi connectivity index (χ1) is 8.04. The van der Waals surface area contributed by atoms with Crippen LogP contribution in [-0.2, 0) is 11.3 Å². The van der Waals surface area contributed by atoms with Crippen molar-refractivity contribution >= 4 is 23.2 Å². The van der Waals surface area contributed by atoms with Gasteiger partial charge in [0.25, 0.3) is 5.69 Å². The van der Waals surface area contributed by atoms with Gasteiger partial charge < -0.3 is 10.6 Å². The summed E-state index contributed by atoms with van der Waals surface area (Å²) in [5.74, 6) is -0.136. The van der Waals surface area contributed by atoms with Crippen LogP contribution >= 0.6 is 11.6 Å². The fraction of sp³-hybridized carbons (Fsp3) is 0.300. The van der Waals surface area contributed by atoms with Gasteiger partial charge in [-0.1, -0.05) is 11.6 Å². The molecule has 0 saturated carbocycles. The lowest BCUT2D eigenvalue weighted by atomic mass is 10.2. The van der Waals surface area contributed by atoms with Gasteiger partial charge in [-0.25, -0.2) is 0 Å². The summed E-state index contributed by atoms with van der Waals surface area (Å²) >= 11 is 5.88. The van der Waals surface area contributed by atoms with Crippen LogP contribution in [-0.4, -0.2) is 24.4 Å². The number of amides is 1. The van der Waals surface area contributed by atoms with Crippen LogP contribution in [0.1, 0.15) is 5.56 Å². The van der Waals surface area contributed by atoms with E-state index in [1.807, 2.05) is 0 Å². The summed E-state index contributed by atoms with van der Waals surface area (Å²) in [5, 5.41) is 16.1. The normalized spacial score (nSPS) is 10.0. The number of carbonyl (C=O) groups is 1. The van der Waals surface area contributed by atoms with Crippen molar-refractivity contribution in [1.29, 1.82) is 0 Å². The van der Waals surface area contributed by atoms with E-state index in [1.54, 1.807) is 13.1 Å². The summed E-state index contributed by atoms with van der Waals surface area (Å²) in [4.78, 5) is 20.9. The Morgan fingerprint density at radius 3 is 2.76 bits per heavy atom. The average Bonchev–Trinajstić information content (AvgIpc) is 2.30. The minimum Gasteiger partial charge on any atom is -0.358 e. The van der Waals surface area contributed by atoms with Crippen molar-refractivity contribution in [3.63, 3.8) is 0 Å². The van der Waals surface area contributed by atoms with Crippen LogP contribution in [0.2, 0.25) is 5.02 Å². The van der Waals surface area contributed by atoms with Crippen LogP contribution in [0.4, 0.5) is 5.69 Å². The van der Waals surface area contributed by atoms with Gasteiger partial charge in [0.2, 0.25) is 5.91 Å². The van der Waals surface area contributed by atoms with Gasteiger partial charge in [-0.05, 0) is 11.6 Å². The third-order valence-electron chi connectivity index (χ3n) is 2.13. The molecule has 6 nitrogen and oxygen atoms in total. The van der Waals surface area contributed by atoms with Crippen LogP contribution in [0, 0.1) is 10.1 Å². The second-order valence-electron chi connectivity index (χ2n) is 3.31. The molecule has 1 aromatic carbocycles. The largest absolute Gasteiger partial charge is 0.358 e. The molecule has 1 amide bonds. The predicted octanol–water partition coefficient (Wildman–Crippen LogP) is 1.08. The molecule has 0 unspecified atom stereocenters. The second-order valence-corrected chi connectivity index (χ2v) is 3.72. The maximum absolute atomic E-state index is 10.9. The Balaban J connectivity index is 2.60. The van der Waals surface area contributed by atoms with E-state index in [9.17, 15) is 14.9 Å². The average molecular weight is 258 g/mol. The molecule has 0 saturated heterocycles. The molecule has 92 valence electrons. The van der Waals surface area contributed by atoms with Crippen LogP contribution in [0.5, 0.6) is 0 Å². The van der Waals surface area contributed by atoms with E-state index in [0.717, 1.165) is 0 Å². The van der Waals surface area contributed by atoms with Crippen molar-refractivity contribution in [2.24, 2.45) is 0 Å². The minimum absolute atomic E-state index is 0.0509. The number of nitro benzene ring substituents is 1. The Labute approximate surface area is 103 Å². The van der Waals surface area contributed by atoms with Gasteiger partial charge in [0.15, 0.2) is 0 Å². The number of benzene rings is 1. The van der Waals surface area contributed by atoms with E-state index in [2.05, 4.69) is 10.6 Å². The molecule has 17 heavy (non-hydrogen) atoms. The lowest BCUT2D eigenvalue weighted by Gasteiger charge is -2.05. The number of halogens is 1. The van der Waals surface area contributed by atoms with Crippen molar-refractivity contribution < 1.29 is 9.72 Å². The quantitative estimate of drug-likeness (QED) is 0.611. The fourth-order valence-corrected chi connectivity index (χ4v) is 1.43. The first-order valence-electron chi connectivity index (χ1n) is 4.88. The first kappa shape index (κ1) is 13.4. The highest BCUT2D eigenvalue weighted by molar-refractivity contribution is 6.31. The number of rotatable bonds is 5. The Morgan fingerprint density at radius 1 is 1.53 bits per heavy atom. The molecule has 0 heterocycles. The molecule has 0 aliphatic rings. The SMILES string of the molecule is CNC(=O)CNCc1ccc([N+](=O)[O-])cc1Cl.